The highest BCUT2D eigenvalue weighted by atomic mass is 32.1. The Hall–Kier alpha value is -0.220. The van der Waals surface area contributed by atoms with Gasteiger partial charge in [-0.2, -0.15) is 12.6 Å². The molecule has 0 unspecified atom stereocenters. The lowest BCUT2D eigenvalue weighted by Crippen LogP contribution is -1.97. The molecular formula is C20H43NO2S. The summed E-state index contributed by atoms with van der Waals surface area (Å²) in [7, 11) is 0. The molecule has 0 rings (SSSR count). The van der Waals surface area contributed by atoms with E-state index in [0.29, 0.717) is 0 Å². The maximum atomic E-state index is 9.29. The predicted octanol–water partition coefficient (Wildman–Crippen LogP) is 6.21. The summed E-state index contributed by atoms with van der Waals surface area (Å²) in [5, 5.41) is 7.65. The molecule has 3 N–H and O–H groups in total. The van der Waals surface area contributed by atoms with Gasteiger partial charge in [-0.25, -0.2) is 0 Å². The highest BCUT2D eigenvalue weighted by Crippen LogP contribution is 2.13. The van der Waals surface area contributed by atoms with Gasteiger partial charge in [0, 0.05) is 0 Å². The third kappa shape index (κ3) is 29.7. The predicted molar refractivity (Wildman–Crippen MR) is 110 cm³/mol. The van der Waals surface area contributed by atoms with Crippen LogP contribution in [-0.4, -0.2) is 23.4 Å². The quantitative estimate of drug-likeness (QED) is 0.213. The van der Waals surface area contributed by atoms with Gasteiger partial charge in [0.1, 0.15) is 0 Å². The van der Waals surface area contributed by atoms with E-state index in [-0.39, 0.29) is 5.75 Å². The molecule has 4 heteroatoms. The first kappa shape index (κ1) is 26.0. The van der Waals surface area contributed by atoms with E-state index >= 15 is 0 Å². The van der Waals surface area contributed by atoms with Gasteiger partial charge in [0.25, 0.3) is 0 Å². The van der Waals surface area contributed by atoms with E-state index in [1.807, 2.05) is 0 Å². The molecule has 0 aromatic rings. The van der Waals surface area contributed by atoms with Gasteiger partial charge in [0.2, 0.25) is 0 Å². The van der Waals surface area contributed by atoms with Crippen LogP contribution in [-0.2, 0) is 4.79 Å². The first-order chi connectivity index (χ1) is 11.7. The van der Waals surface area contributed by atoms with Gasteiger partial charge in [-0.05, 0) is 13.0 Å². The molecule has 146 valence electrons. The molecule has 0 radical (unpaired) electrons. The monoisotopic (exact) mass is 361 g/mol. The van der Waals surface area contributed by atoms with Crippen LogP contribution in [0.15, 0.2) is 0 Å². The van der Waals surface area contributed by atoms with Gasteiger partial charge in [0.15, 0.2) is 0 Å². The summed E-state index contributed by atoms with van der Waals surface area (Å²) < 4.78 is 0. The normalized spacial score (nSPS) is 10.3. The first-order valence-electron chi connectivity index (χ1n) is 10.2. The van der Waals surface area contributed by atoms with Crippen LogP contribution in [0.3, 0.4) is 0 Å². The lowest BCUT2D eigenvalue weighted by atomic mass is 10.0. The molecule has 0 aromatic carbocycles. The van der Waals surface area contributed by atoms with E-state index in [2.05, 4.69) is 19.6 Å². The molecular weight excluding hydrogens is 318 g/mol. The Kier molecular flexibility index (Phi) is 27.1. The van der Waals surface area contributed by atoms with Gasteiger partial charge in [-0.15, -0.1) is 0 Å². The summed E-state index contributed by atoms with van der Waals surface area (Å²) in [4.78, 5) is 9.29. The maximum absolute atomic E-state index is 9.29. The molecule has 0 aliphatic heterocycles. The minimum Gasteiger partial charge on any atom is -0.481 e. The number of rotatable bonds is 17. The number of carboxylic acids is 1. The molecule has 0 saturated heterocycles. The third-order valence-corrected chi connectivity index (χ3v) is 4.46. The molecule has 3 nitrogen and oxygen atoms in total. The smallest absolute Gasteiger partial charge is 0.313 e. The van der Waals surface area contributed by atoms with E-state index in [4.69, 9.17) is 10.8 Å². The fraction of sp³-hybridized carbons (Fsp3) is 0.950. The van der Waals surface area contributed by atoms with Gasteiger partial charge in [-0.3, -0.25) is 4.79 Å². The average molecular weight is 362 g/mol. The fourth-order valence-corrected chi connectivity index (χ4v) is 2.69. The second-order valence-corrected chi connectivity index (χ2v) is 6.96. The molecule has 24 heavy (non-hydrogen) atoms. The van der Waals surface area contributed by atoms with Crippen LogP contribution in [0.5, 0.6) is 0 Å². The molecule has 0 spiro atoms. The minimum absolute atomic E-state index is 0.0833. The topological polar surface area (TPSA) is 63.3 Å². The molecule has 0 atom stereocenters. The van der Waals surface area contributed by atoms with E-state index in [1.54, 1.807) is 0 Å². The van der Waals surface area contributed by atoms with Crippen molar-refractivity contribution in [3.05, 3.63) is 0 Å². The van der Waals surface area contributed by atoms with Gasteiger partial charge < -0.3 is 10.8 Å². The van der Waals surface area contributed by atoms with Crippen LogP contribution < -0.4 is 5.73 Å². The second-order valence-electron chi connectivity index (χ2n) is 6.64. The Morgan fingerprint density at radius 1 is 0.708 bits per heavy atom. The minimum atomic E-state index is -0.881. The molecule has 0 amide bonds. The summed E-state index contributed by atoms with van der Waals surface area (Å²) >= 11 is 3.42. The fourth-order valence-electron chi connectivity index (χ4n) is 2.69. The van der Waals surface area contributed by atoms with Crippen molar-refractivity contribution in [2.24, 2.45) is 5.73 Å². The Labute approximate surface area is 156 Å². The standard InChI is InChI=1S/C18H39N.C2H4O2S/c1-2-3-4-5-6-7-8-9-10-11-12-13-14-15-16-17-18-19;3-2(4)1-5/h2-19H2,1H3;5H,1H2,(H,3,4). The van der Waals surface area contributed by atoms with Crippen LogP contribution in [0.25, 0.3) is 0 Å². The molecule has 0 heterocycles. The summed E-state index contributed by atoms with van der Waals surface area (Å²) in [6, 6.07) is 0. The number of unbranched alkanes of at least 4 members (excludes halogenated alkanes) is 15. The molecule has 0 aliphatic rings. The highest BCUT2D eigenvalue weighted by molar-refractivity contribution is 7.81. The maximum Gasteiger partial charge on any atom is 0.313 e. The van der Waals surface area contributed by atoms with Crippen molar-refractivity contribution in [1.29, 1.82) is 0 Å². The van der Waals surface area contributed by atoms with E-state index in [1.165, 1.54) is 103 Å². The SMILES string of the molecule is CCCCCCCCCCCCCCCCCCN.O=C(O)CS. The summed E-state index contributed by atoms with van der Waals surface area (Å²) in [5.41, 5.74) is 5.48. The van der Waals surface area contributed by atoms with Crippen molar-refractivity contribution >= 4 is 18.6 Å². The number of hydrogen-bond acceptors (Lipinski definition) is 3. The lowest BCUT2D eigenvalue weighted by Gasteiger charge is -2.03. The van der Waals surface area contributed by atoms with Gasteiger partial charge in [-0.1, -0.05) is 103 Å². The van der Waals surface area contributed by atoms with E-state index in [0.717, 1.165) is 6.54 Å². The number of carboxylic acid groups (broad SMARTS) is 1. The molecule has 0 saturated carbocycles. The average Bonchev–Trinajstić information content (AvgIpc) is 2.59. The van der Waals surface area contributed by atoms with Crippen LogP contribution in [0.2, 0.25) is 0 Å². The van der Waals surface area contributed by atoms with E-state index < -0.39 is 5.97 Å². The number of carbonyl (C=O) groups is 1. The molecule has 0 bridgehead atoms. The van der Waals surface area contributed by atoms with E-state index in [9.17, 15) is 4.79 Å². The highest BCUT2D eigenvalue weighted by Gasteiger charge is 1.94. The first-order valence-corrected chi connectivity index (χ1v) is 10.8. The Morgan fingerprint density at radius 3 is 1.17 bits per heavy atom. The van der Waals surface area contributed by atoms with Crippen molar-refractivity contribution in [3.63, 3.8) is 0 Å². The van der Waals surface area contributed by atoms with Gasteiger partial charge >= 0.3 is 5.97 Å². The number of aliphatic carboxylic acids is 1. The Balaban J connectivity index is 0. The summed E-state index contributed by atoms with van der Waals surface area (Å²) in [6.45, 7) is 3.16. The summed E-state index contributed by atoms with van der Waals surface area (Å²) in [5.74, 6) is -0.965. The van der Waals surface area contributed by atoms with Crippen LogP contribution in [0, 0.1) is 0 Å². The zero-order valence-electron chi connectivity index (χ0n) is 16.1. The lowest BCUT2D eigenvalue weighted by molar-refractivity contribution is -0.133. The zero-order chi connectivity index (χ0) is 18.3. The van der Waals surface area contributed by atoms with Crippen molar-refractivity contribution in [2.75, 3.05) is 12.3 Å². The molecule has 0 fully saturated rings. The van der Waals surface area contributed by atoms with Crippen molar-refractivity contribution in [3.8, 4) is 0 Å². The largest absolute Gasteiger partial charge is 0.481 e. The Bertz CT molecular complexity index is 222. The van der Waals surface area contributed by atoms with Crippen LogP contribution >= 0.6 is 12.6 Å². The molecule has 0 aromatic heterocycles. The number of nitrogens with two attached hydrogens (primary N) is 1. The number of thiol groups is 1. The van der Waals surface area contributed by atoms with Crippen molar-refractivity contribution < 1.29 is 9.90 Å². The van der Waals surface area contributed by atoms with Crippen LogP contribution in [0.1, 0.15) is 110 Å². The van der Waals surface area contributed by atoms with Crippen LogP contribution in [0.4, 0.5) is 0 Å². The second kappa shape index (κ2) is 25.0. The third-order valence-electron chi connectivity index (χ3n) is 4.19. The van der Waals surface area contributed by atoms with Crippen molar-refractivity contribution in [1.82, 2.24) is 0 Å². The number of hydrogen-bond donors (Lipinski definition) is 3. The molecule has 0 aliphatic carbocycles. The Morgan fingerprint density at radius 2 is 0.958 bits per heavy atom. The van der Waals surface area contributed by atoms with Gasteiger partial charge in [0.05, 0.1) is 5.75 Å². The zero-order valence-corrected chi connectivity index (χ0v) is 17.0. The summed E-state index contributed by atoms with van der Waals surface area (Å²) in [6.07, 6.45) is 22.9. The van der Waals surface area contributed by atoms with Crippen molar-refractivity contribution in [2.45, 2.75) is 110 Å².